The molecule has 0 fully saturated rings. The van der Waals surface area contributed by atoms with Gasteiger partial charge in [0.2, 0.25) is 0 Å². The standard InChI is InChI=1S/C12H12N4S/c13-5-1-7(15)11-9(3-5)17-10-4-6(14)2-8(16)12(10)11/h1-4H,13-16H2. The maximum Gasteiger partial charge on any atom is 0.0430 e. The van der Waals surface area contributed by atoms with Gasteiger partial charge in [0, 0.05) is 42.9 Å². The third kappa shape index (κ3) is 1.36. The summed E-state index contributed by atoms with van der Waals surface area (Å²) in [6, 6.07) is 7.33. The van der Waals surface area contributed by atoms with E-state index in [0.717, 1.165) is 20.2 Å². The minimum Gasteiger partial charge on any atom is -0.399 e. The zero-order valence-electron chi connectivity index (χ0n) is 9.03. The van der Waals surface area contributed by atoms with Gasteiger partial charge < -0.3 is 22.9 Å². The van der Waals surface area contributed by atoms with Crippen molar-refractivity contribution in [3.63, 3.8) is 0 Å². The lowest BCUT2D eigenvalue weighted by Gasteiger charge is -2.02. The van der Waals surface area contributed by atoms with Crippen LogP contribution in [0.3, 0.4) is 0 Å². The van der Waals surface area contributed by atoms with Gasteiger partial charge >= 0.3 is 0 Å². The van der Waals surface area contributed by atoms with E-state index in [4.69, 9.17) is 22.9 Å². The molecular formula is C12H12N4S. The van der Waals surface area contributed by atoms with Crippen molar-refractivity contribution < 1.29 is 0 Å². The first-order valence-corrected chi connectivity index (χ1v) is 5.94. The van der Waals surface area contributed by atoms with Crippen LogP contribution in [0.15, 0.2) is 24.3 Å². The van der Waals surface area contributed by atoms with Crippen molar-refractivity contribution >= 4 is 54.3 Å². The summed E-state index contributed by atoms with van der Waals surface area (Å²) in [5.74, 6) is 0. The Kier molecular flexibility index (Phi) is 1.88. The third-order valence-electron chi connectivity index (χ3n) is 2.78. The fourth-order valence-corrected chi connectivity index (χ4v) is 3.40. The van der Waals surface area contributed by atoms with Crippen LogP contribution in [0, 0.1) is 0 Å². The summed E-state index contributed by atoms with van der Waals surface area (Å²) in [4.78, 5) is 0. The van der Waals surface area contributed by atoms with Crippen LogP contribution in [-0.4, -0.2) is 0 Å². The van der Waals surface area contributed by atoms with E-state index in [9.17, 15) is 0 Å². The summed E-state index contributed by atoms with van der Waals surface area (Å²) >= 11 is 1.60. The summed E-state index contributed by atoms with van der Waals surface area (Å²) in [5.41, 5.74) is 26.2. The zero-order valence-corrected chi connectivity index (χ0v) is 9.84. The molecule has 17 heavy (non-hydrogen) atoms. The predicted molar refractivity (Wildman–Crippen MR) is 77.0 cm³/mol. The van der Waals surface area contributed by atoms with E-state index < -0.39 is 0 Å². The molecule has 86 valence electrons. The van der Waals surface area contributed by atoms with Crippen molar-refractivity contribution in [2.24, 2.45) is 0 Å². The van der Waals surface area contributed by atoms with Gasteiger partial charge in [0.05, 0.1) is 0 Å². The molecule has 0 aliphatic heterocycles. The number of nitrogens with two attached hydrogens (primary N) is 4. The highest BCUT2D eigenvalue weighted by atomic mass is 32.1. The SMILES string of the molecule is Nc1cc(N)c2c(c1)sc1cc(N)cc(N)c12. The first-order valence-electron chi connectivity index (χ1n) is 5.12. The maximum atomic E-state index is 6.01. The lowest BCUT2D eigenvalue weighted by atomic mass is 10.1. The van der Waals surface area contributed by atoms with Crippen molar-refractivity contribution in [1.82, 2.24) is 0 Å². The largest absolute Gasteiger partial charge is 0.399 e. The maximum absolute atomic E-state index is 6.01. The number of hydrogen-bond donors (Lipinski definition) is 4. The Labute approximate surface area is 102 Å². The molecule has 1 aromatic heterocycles. The Hall–Kier alpha value is -2.14. The van der Waals surface area contributed by atoms with E-state index in [1.165, 1.54) is 0 Å². The average Bonchev–Trinajstić information content (AvgIpc) is 2.55. The molecule has 0 radical (unpaired) electrons. The van der Waals surface area contributed by atoms with Gasteiger partial charge in [0.15, 0.2) is 0 Å². The van der Waals surface area contributed by atoms with Gasteiger partial charge in [-0.25, -0.2) is 0 Å². The highest BCUT2D eigenvalue weighted by Gasteiger charge is 2.12. The minimum atomic E-state index is 0.655. The lowest BCUT2D eigenvalue weighted by molar-refractivity contribution is 1.75. The van der Waals surface area contributed by atoms with Gasteiger partial charge in [0.25, 0.3) is 0 Å². The Balaban J connectivity index is 2.60. The van der Waals surface area contributed by atoms with E-state index in [-0.39, 0.29) is 0 Å². The molecule has 5 heteroatoms. The molecular weight excluding hydrogens is 232 g/mol. The third-order valence-corrected chi connectivity index (χ3v) is 3.86. The van der Waals surface area contributed by atoms with Crippen molar-refractivity contribution in [3.05, 3.63) is 24.3 Å². The molecule has 0 atom stereocenters. The first kappa shape index (κ1) is 10.0. The van der Waals surface area contributed by atoms with E-state index in [0.29, 0.717) is 22.7 Å². The normalized spacial score (nSPS) is 11.3. The number of anilines is 4. The summed E-state index contributed by atoms with van der Waals surface area (Å²) in [6.07, 6.45) is 0. The van der Waals surface area contributed by atoms with E-state index in [1.54, 1.807) is 23.5 Å². The quantitative estimate of drug-likeness (QED) is 0.456. The molecule has 0 amide bonds. The molecule has 0 saturated carbocycles. The molecule has 8 N–H and O–H groups in total. The lowest BCUT2D eigenvalue weighted by Crippen LogP contribution is -1.92. The topological polar surface area (TPSA) is 104 Å². The molecule has 1 heterocycles. The van der Waals surface area contributed by atoms with Crippen molar-refractivity contribution in [3.8, 4) is 0 Å². The van der Waals surface area contributed by atoms with Gasteiger partial charge in [0.1, 0.15) is 0 Å². The van der Waals surface area contributed by atoms with Crippen molar-refractivity contribution in [2.45, 2.75) is 0 Å². The average molecular weight is 244 g/mol. The number of nitrogen functional groups attached to an aromatic ring is 4. The van der Waals surface area contributed by atoms with Crippen LogP contribution >= 0.6 is 11.3 Å². The zero-order chi connectivity index (χ0) is 12.2. The Morgan fingerprint density at radius 1 is 0.647 bits per heavy atom. The minimum absolute atomic E-state index is 0.655. The molecule has 0 aliphatic carbocycles. The van der Waals surface area contributed by atoms with Crippen LogP contribution < -0.4 is 22.9 Å². The Morgan fingerprint density at radius 2 is 1.06 bits per heavy atom. The van der Waals surface area contributed by atoms with Gasteiger partial charge in [-0.1, -0.05) is 0 Å². The summed E-state index contributed by atoms with van der Waals surface area (Å²) < 4.78 is 2.07. The van der Waals surface area contributed by atoms with Crippen LogP contribution in [0.4, 0.5) is 22.7 Å². The molecule has 2 aromatic carbocycles. The summed E-state index contributed by atoms with van der Waals surface area (Å²) in [6.45, 7) is 0. The number of fused-ring (bicyclic) bond motifs is 3. The van der Waals surface area contributed by atoms with Gasteiger partial charge in [-0.2, -0.15) is 0 Å². The smallest absolute Gasteiger partial charge is 0.0430 e. The highest BCUT2D eigenvalue weighted by molar-refractivity contribution is 7.26. The van der Waals surface area contributed by atoms with E-state index in [2.05, 4.69) is 0 Å². The second-order valence-electron chi connectivity index (χ2n) is 4.07. The molecule has 3 aromatic rings. The fourth-order valence-electron chi connectivity index (χ4n) is 2.13. The first-order chi connectivity index (χ1) is 8.06. The predicted octanol–water partition coefficient (Wildman–Crippen LogP) is 2.38. The van der Waals surface area contributed by atoms with Crippen LogP contribution in [0.25, 0.3) is 20.2 Å². The van der Waals surface area contributed by atoms with Crippen LogP contribution in [0.1, 0.15) is 0 Å². The van der Waals surface area contributed by atoms with E-state index in [1.807, 2.05) is 12.1 Å². The number of hydrogen-bond acceptors (Lipinski definition) is 5. The molecule has 4 nitrogen and oxygen atoms in total. The molecule has 0 saturated heterocycles. The molecule has 0 bridgehead atoms. The molecule has 0 aliphatic rings. The second-order valence-corrected chi connectivity index (χ2v) is 5.15. The van der Waals surface area contributed by atoms with Crippen LogP contribution in [0.2, 0.25) is 0 Å². The van der Waals surface area contributed by atoms with Crippen LogP contribution in [0.5, 0.6) is 0 Å². The van der Waals surface area contributed by atoms with Crippen LogP contribution in [-0.2, 0) is 0 Å². The number of benzene rings is 2. The van der Waals surface area contributed by atoms with Gasteiger partial charge in [-0.3, -0.25) is 0 Å². The Bertz CT molecular complexity index is 683. The highest BCUT2D eigenvalue weighted by Crippen LogP contribution is 2.42. The number of thiophene rings is 1. The van der Waals surface area contributed by atoms with Gasteiger partial charge in [-0.15, -0.1) is 11.3 Å². The Morgan fingerprint density at radius 3 is 1.47 bits per heavy atom. The monoisotopic (exact) mass is 244 g/mol. The summed E-state index contributed by atoms with van der Waals surface area (Å²) in [7, 11) is 0. The summed E-state index contributed by atoms with van der Waals surface area (Å²) in [5, 5.41) is 1.94. The van der Waals surface area contributed by atoms with E-state index >= 15 is 0 Å². The molecule has 3 rings (SSSR count). The van der Waals surface area contributed by atoms with Gasteiger partial charge in [-0.05, 0) is 24.3 Å². The molecule has 0 spiro atoms. The second kappa shape index (κ2) is 3.18. The van der Waals surface area contributed by atoms with Crippen molar-refractivity contribution in [2.75, 3.05) is 22.9 Å². The number of rotatable bonds is 0. The van der Waals surface area contributed by atoms with Crippen molar-refractivity contribution in [1.29, 1.82) is 0 Å². The fraction of sp³-hybridized carbons (Fsp3) is 0. The molecule has 0 unspecified atom stereocenters.